The van der Waals surface area contributed by atoms with E-state index in [-0.39, 0.29) is 5.12 Å². The van der Waals surface area contributed by atoms with Crippen LogP contribution < -0.4 is 0 Å². The number of aryl methyl sites for hydroxylation is 1. The first-order valence-electron chi connectivity index (χ1n) is 5.43. The standard InChI is InChI=1S/C13H10N2O2S/c1-15-10-6-3-2-5-9(10)14-13(15)18-12(16)11-7-4-8-17-11/h2-8H,1H3. The van der Waals surface area contributed by atoms with Crippen molar-refractivity contribution in [2.24, 2.45) is 7.05 Å². The number of imidazole rings is 1. The second kappa shape index (κ2) is 4.34. The van der Waals surface area contributed by atoms with Crippen LogP contribution in [0, 0.1) is 0 Å². The lowest BCUT2D eigenvalue weighted by molar-refractivity contribution is 0.106. The summed E-state index contributed by atoms with van der Waals surface area (Å²) in [4.78, 5) is 16.3. The summed E-state index contributed by atoms with van der Waals surface area (Å²) in [6.45, 7) is 0. The predicted molar refractivity (Wildman–Crippen MR) is 69.6 cm³/mol. The highest BCUT2D eigenvalue weighted by molar-refractivity contribution is 8.14. The molecule has 0 unspecified atom stereocenters. The molecule has 2 heterocycles. The van der Waals surface area contributed by atoms with Crippen LogP contribution in [0.1, 0.15) is 10.6 Å². The molecule has 90 valence electrons. The number of para-hydroxylation sites is 2. The molecule has 0 aliphatic carbocycles. The Labute approximate surface area is 108 Å². The van der Waals surface area contributed by atoms with Crippen molar-refractivity contribution in [3.63, 3.8) is 0 Å². The van der Waals surface area contributed by atoms with Crippen LogP contribution in [-0.4, -0.2) is 14.7 Å². The number of thioether (sulfide) groups is 1. The lowest BCUT2D eigenvalue weighted by Gasteiger charge is -1.99. The first-order valence-corrected chi connectivity index (χ1v) is 6.24. The van der Waals surface area contributed by atoms with Crippen LogP contribution in [0.25, 0.3) is 11.0 Å². The van der Waals surface area contributed by atoms with Crippen LogP contribution in [-0.2, 0) is 7.05 Å². The van der Waals surface area contributed by atoms with Crippen molar-refractivity contribution >= 4 is 27.9 Å². The molecule has 0 N–H and O–H groups in total. The first kappa shape index (κ1) is 11.1. The maximum Gasteiger partial charge on any atom is 0.262 e. The van der Waals surface area contributed by atoms with Gasteiger partial charge in [0.05, 0.1) is 17.3 Å². The van der Waals surface area contributed by atoms with E-state index in [4.69, 9.17) is 4.42 Å². The third-order valence-corrected chi connectivity index (χ3v) is 3.59. The SMILES string of the molecule is Cn1c(SC(=O)c2ccco2)nc2ccccc21. The van der Waals surface area contributed by atoms with Crippen molar-refractivity contribution in [1.29, 1.82) is 0 Å². The minimum Gasteiger partial charge on any atom is -0.460 e. The van der Waals surface area contributed by atoms with Gasteiger partial charge in [-0.05, 0) is 36.0 Å². The summed E-state index contributed by atoms with van der Waals surface area (Å²) in [7, 11) is 1.90. The molecule has 0 spiro atoms. The number of benzene rings is 1. The number of rotatable bonds is 2. The van der Waals surface area contributed by atoms with Crippen molar-refractivity contribution in [2.45, 2.75) is 5.16 Å². The van der Waals surface area contributed by atoms with Gasteiger partial charge in [0.25, 0.3) is 5.12 Å². The van der Waals surface area contributed by atoms with Gasteiger partial charge in [0.15, 0.2) is 10.9 Å². The van der Waals surface area contributed by atoms with Crippen molar-refractivity contribution < 1.29 is 9.21 Å². The van der Waals surface area contributed by atoms with Gasteiger partial charge < -0.3 is 8.98 Å². The molecule has 0 fully saturated rings. The zero-order valence-corrected chi connectivity index (χ0v) is 10.5. The minimum atomic E-state index is -0.140. The largest absolute Gasteiger partial charge is 0.460 e. The molecular formula is C13H10N2O2S. The number of fused-ring (bicyclic) bond motifs is 1. The Morgan fingerprint density at radius 1 is 1.28 bits per heavy atom. The van der Waals surface area contributed by atoms with Gasteiger partial charge >= 0.3 is 0 Å². The summed E-state index contributed by atoms with van der Waals surface area (Å²) in [6, 6.07) is 11.1. The van der Waals surface area contributed by atoms with Gasteiger partial charge in [-0.3, -0.25) is 4.79 Å². The van der Waals surface area contributed by atoms with Crippen LogP contribution in [0.4, 0.5) is 0 Å². The van der Waals surface area contributed by atoms with Gasteiger partial charge in [0.1, 0.15) is 0 Å². The molecular weight excluding hydrogens is 248 g/mol. The van der Waals surface area contributed by atoms with Gasteiger partial charge in [-0.25, -0.2) is 4.98 Å². The normalized spacial score (nSPS) is 10.9. The number of hydrogen-bond acceptors (Lipinski definition) is 4. The van der Waals surface area contributed by atoms with E-state index in [1.807, 2.05) is 35.9 Å². The van der Waals surface area contributed by atoms with E-state index >= 15 is 0 Å². The van der Waals surface area contributed by atoms with Gasteiger partial charge in [-0.2, -0.15) is 0 Å². The quantitative estimate of drug-likeness (QED) is 0.663. The topological polar surface area (TPSA) is 48.0 Å². The molecule has 3 rings (SSSR count). The maximum atomic E-state index is 11.9. The molecule has 5 heteroatoms. The Morgan fingerprint density at radius 2 is 2.11 bits per heavy atom. The smallest absolute Gasteiger partial charge is 0.262 e. The van der Waals surface area contributed by atoms with E-state index < -0.39 is 0 Å². The van der Waals surface area contributed by atoms with Crippen LogP contribution in [0.5, 0.6) is 0 Å². The van der Waals surface area contributed by atoms with E-state index in [2.05, 4.69) is 4.98 Å². The van der Waals surface area contributed by atoms with Gasteiger partial charge in [0, 0.05) is 7.05 Å². The minimum absolute atomic E-state index is 0.140. The number of carbonyl (C=O) groups is 1. The molecule has 0 aliphatic heterocycles. The molecule has 0 amide bonds. The average molecular weight is 258 g/mol. The van der Waals surface area contributed by atoms with E-state index in [1.54, 1.807) is 12.1 Å². The van der Waals surface area contributed by atoms with Crippen LogP contribution in [0.2, 0.25) is 0 Å². The molecule has 1 aromatic carbocycles. The monoisotopic (exact) mass is 258 g/mol. The molecule has 0 atom stereocenters. The zero-order chi connectivity index (χ0) is 12.5. The molecule has 0 radical (unpaired) electrons. The molecule has 0 saturated carbocycles. The summed E-state index contributed by atoms with van der Waals surface area (Å²) < 4.78 is 6.98. The highest BCUT2D eigenvalue weighted by Gasteiger charge is 2.15. The summed E-state index contributed by atoms with van der Waals surface area (Å²) in [5, 5.41) is 0.524. The molecule has 0 saturated heterocycles. The fraction of sp³-hybridized carbons (Fsp3) is 0.0769. The average Bonchev–Trinajstić information content (AvgIpc) is 3.00. The lowest BCUT2D eigenvalue weighted by Crippen LogP contribution is -1.96. The highest BCUT2D eigenvalue weighted by Crippen LogP contribution is 2.25. The number of carbonyl (C=O) groups excluding carboxylic acids is 1. The van der Waals surface area contributed by atoms with Gasteiger partial charge in [-0.1, -0.05) is 12.1 Å². The second-order valence-electron chi connectivity index (χ2n) is 3.81. The molecule has 3 aromatic rings. The predicted octanol–water partition coefficient (Wildman–Crippen LogP) is 3.10. The fourth-order valence-electron chi connectivity index (χ4n) is 1.74. The third-order valence-electron chi connectivity index (χ3n) is 2.65. The van der Waals surface area contributed by atoms with E-state index in [1.165, 1.54) is 6.26 Å². The Kier molecular flexibility index (Phi) is 2.68. The molecule has 0 bridgehead atoms. The van der Waals surface area contributed by atoms with E-state index in [9.17, 15) is 4.79 Å². The molecule has 0 aliphatic rings. The molecule has 18 heavy (non-hydrogen) atoms. The van der Waals surface area contributed by atoms with Gasteiger partial charge in [0.2, 0.25) is 0 Å². The lowest BCUT2D eigenvalue weighted by atomic mass is 10.3. The third kappa shape index (κ3) is 1.82. The summed E-state index contributed by atoms with van der Waals surface area (Å²) in [6.07, 6.45) is 1.49. The number of nitrogens with zero attached hydrogens (tertiary/aromatic N) is 2. The number of aromatic nitrogens is 2. The number of hydrogen-bond donors (Lipinski definition) is 0. The highest BCUT2D eigenvalue weighted by atomic mass is 32.2. The zero-order valence-electron chi connectivity index (χ0n) is 9.66. The second-order valence-corrected chi connectivity index (χ2v) is 4.75. The fourth-order valence-corrected chi connectivity index (χ4v) is 2.50. The Hall–Kier alpha value is -2.01. The summed E-state index contributed by atoms with van der Waals surface area (Å²) in [5.41, 5.74) is 1.89. The van der Waals surface area contributed by atoms with Crippen molar-refractivity contribution in [3.05, 3.63) is 48.4 Å². The van der Waals surface area contributed by atoms with E-state index in [0.717, 1.165) is 22.8 Å². The van der Waals surface area contributed by atoms with Gasteiger partial charge in [-0.15, -0.1) is 0 Å². The van der Waals surface area contributed by atoms with Crippen LogP contribution in [0.15, 0.2) is 52.2 Å². The van der Waals surface area contributed by atoms with Crippen LogP contribution in [0.3, 0.4) is 0 Å². The first-order chi connectivity index (χ1) is 8.75. The van der Waals surface area contributed by atoms with Crippen molar-refractivity contribution in [3.8, 4) is 0 Å². The molecule has 4 nitrogen and oxygen atoms in total. The maximum absolute atomic E-state index is 11.9. The molecule has 2 aromatic heterocycles. The van der Waals surface area contributed by atoms with Crippen molar-refractivity contribution in [2.75, 3.05) is 0 Å². The van der Waals surface area contributed by atoms with Crippen molar-refractivity contribution in [1.82, 2.24) is 9.55 Å². The number of furan rings is 1. The summed E-state index contributed by atoms with van der Waals surface area (Å²) >= 11 is 1.07. The van der Waals surface area contributed by atoms with Crippen LogP contribution >= 0.6 is 11.8 Å². The Bertz CT molecular complexity index is 701. The Balaban J connectivity index is 1.96. The summed E-state index contributed by atoms with van der Waals surface area (Å²) in [5.74, 6) is 0.340. The van der Waals surface area contributed by atoms with E-state index in [0.29, 0.717) is 10.9 Å². The Morgan fingerprint density at radius 3 is 2.83 bits per heavy atom.